The average Bonchev–Trinajstić information content (AvgIpc) is 2.15. The van der Waals surface area contributed by atoms with Crippen LogP contribution < -0.4 is 0 Å². The van der Waals surface area contributed by atoms with Gasteiger partial charge in [0, 0.05) is 6.61 Å². The van der Waals surface area contributed by atoms with Crippen molar-refractivity contribution in [2.75, 3.05) is 13.2 Å². The first-order valence-corrected chi connectivity index (χ1v) is 5.05. The average molecular weight is 172 g/mol. The first-order chi connectivity index (χ1) is 5.85. The standard InChI is InChI=1S/C9H18O.C2H6/c1-4-7-9(5-2)8-10-6-3;1-2/h4,7,9H,5-6,8H2,1-3H3;1-2H3/b7-4+;. The molecule has 0 N–H and O–H groups in total. The highest BCUT2D eigenvalue weighted by Gasteiger charge is 1.98. The molecule has 0 aromatic rings. The minimum atomic E-state index is 0.616. The van der Waals surface area contributed by atoms with Crippen molar-refractivity contribution >= 4 is 0 Å². The molecule has 0 amide bonds. The summed E-state index contributed by atoms with van der Waals surface area (Å²) in [6.45, 7) is 12.0. The van der Waals surface area contributed by atoms with Crippen LogP contribution in [0.3, 0.4) is 0 Å². The second kappa shape index (κ2) is 13.3. The molecule has 0 heterocycles. The van der Waals surface area contributed by atoms with Crippen LogP contribution in [0.25, 0.3) is 0 Å². The van der Waals surface area contributed by atoms with Crippen LogP contribution in [-0.2, 0) is 4.74 Å². The highest BCUT2D eigenvalue weighted by molar-refractivity contribution is 4.84. The lowest BCUT2D eigenvalue weighted by molar-refractivity contribution is 0.123. The Bertz CT molecular complexity index is 87.0. The number of allylic oxidation sites excluding steroid dienone is 1. The zero-order valence-corrected chi connectivity index (χ0v) is 9.26. The Labute approximate surface area is 77.8 Å². The minimum absolute atomic E-state index is 0.616. The van der Waals surface area contributed by atoms with E-state index in [0.717, 1.165) is 13.2 Å². The smallest absolute Gasteiger partial charge is 0.0528 e. The Hall–Kier alpha value is -0.300. The molecule has 0 spiro atoms. The summed E-state index contributed by atoms with van der Waals surface area (Å²) in [6, 6.07) is 0. The van der Waals surface area contributed by atoms with Crippen LogP contribution in [-0.4, -0.2) is 13.2 Å². The third-order valence-corrected chi connectivity index (χ3v) is 1.53. The van der Waals surface area contributed by atoms with Gasteiger partial charge >= 0.3 is 0 Å². The van der Waals surface area contributed by atoms with Crippen molar-refractivity contribution in [1.29, 1.82) is 0 Å². The van der Waals surface area contributed by atoms with Gasteiger partial charge in [0.2, 0.25) is 0 Å². The Morgan fingerprint density at radius 2 is 1.83 bits per heavy atom. The summed E-state index contributed by atoms with van der Waals surface area (Å²) in [4.78, 5) is 0. The summed E-state index contributed by atoms with van der Waals surface area (Å²) >= 11 is 0. The number of ether oxygens (including phenoxy) is 1. The van der Waals surface area contributed by atoms with Crippen LogP contribution in [0.4, 0.5) is 0 Å². The predicted molar refractivity (Wildman–Crippen MR) is 56.4 cm³/mol. The molecule has 0 radical (unpaired) electrons. The van der Waals surface area contributed by atoms with Gasteiger partial charge in [0.25, 0.3) is 0 Å². The quantitative estimate of drug-likeness (QED) is 0.575. The van der Waals surface area contributed by atoms with E-state index in [9.17, 15) is 0 Å². The highest BCUT2D eigenvalue weighted by Crippen LogP contribution is 2.04. The van der Waals surface area contributed by atoms with Gasteiger partial charge in [0.05, 0.1) is 6.61 Å². The molecule has 1 heteroatoms. The van der Waals surface area contributed by atoms with Gasteiger partial charge in [-0.3, -0.25) is 0 Å². The van der Waals surface area contributed by atoms with Crippen LogP contribution in [0, 0.1) is 5.92 Å². The van der Waals surface area contributed by atoms with E-state index in [1.807, 2.05) is 20.8 Å². The Morgan fingerprint density at radius 3 is 2.17 bits per heavy atom. The maximum Gasteiger partial charge on any atom is 0.0528 e. The predicted octanol–water partition coefficient (Wildman–Crippen LogP) is 3.65. The van der Waals surface area contributed by atoms with Crippen molar-refractivity contribution in [3.8, 4) is 0 Å². The fraction of sp³-hybridized carbons (Fsp3) is 0.818. The lowest BCUT2D eigenvalue weighted by atomic mass is 10.1. The van der Waals surface area contributed by atoms with Gasteiger partial charge in [-0.2, -0.15) is 0 Å². The molecule has 0 aliphatic carbocycles. The molecule has 0 aromatic heterocycles. The van der Waals surface area contributed by atoms with E-state index in [4.69, 9.17) is 4.74 Å². The molecule has 0 saturated carbocycles. The van der Waals surface area contributed by atoms with Crippen molar-refractivity contribution in [2.24, 2.45) is 5.92 Å². The van der Waals surface area contributed by atoms with E-state index >= 15 is 0 Å². The molecule has 0 aliphatic heterocycles. The fourth-order valence-electron chi connectivity index (χ4n) is 0.851. The summed E-state index contributed by atoms with van der Waals surface area (Å²) in [5.41, 5.74) is 0. The van der Waals surface area contributed by atoms with E-state index in [1.165, 1.54) is 6.42 Å². The number of hydrogen-bond acceptors (Lipinski definition) is 1. The van der Waals surface area contributed by atoms with Crippen LogP contribution in [0.15, 0.2) is 12.2 Å². The van der Waals surface area contributed by atoms with Crippen molar-refractivity contribution in [3.05, 3.63) is 12.2 Å². The van der Waals surface area contributed by atoms with E-state index < -0.39 is 0 Å². The highest BCUT2D eigenvalue weighted by atomic mass is 16.5. The van der Waals surface area contributed by atoms with Gasteiger partial charge in [0.15, 0.2) is 0 Å². The van der Waals surface area contributed by atoms with Gasteiger partial charge in [-0.05, 0) is 26.2 Å². The second-order valence-electron chi connectivity index (χ2n) is 2.35. The fourth-order valence-corrected chi connectivity index (χ4v) is 0.851. The van der Waals surface area contributed by atoms with Gasteiger partial charge in [0.1, 0.15) is 0 Å². The van der Waals surface area contributed by atoms with Crippen molar-refractivity contribution in [3.63, 3.8) is 0 Å². The Kier molecular flexibility index (Phi) is 15.8. The van der Waals surface area contributed by atoms with E-state index in [2.05, 4.69) is 26.0 Å². The molecular weight excluding hydrogens is 148 g/mol. The molecule has 0 aromatic carbocycles. The summed E-state index contributed by atoms with van der Waals surface area (Å²) < 4.78 is 5.29. The lowest BCUT2D eigenvalue weighted by Crippen LogP contribution is -2.05. The van der Waals surface area contributed by atoms with E-state index in [0.29, 0.717) is 5.92 Å². The summed E-state index contributed by atoms with van der Waals surface area (Å²) in [7, 11) is 0. The largest absolute Gasteiger partial charge is 0.381 e. The van der Waals surface area contributed by atoms with Gasteiger partial charge in [-0.25, -0.2) is 0 Å². The summed E-state index contributed by atoms with van der Waals surface area (Å²) in [5, 5.41) is 0. The van der Waals surface area contributed by atoms with Gasteiger partial charge < -0.3 is 4.74 Å². The molecule has 1 nitrogen and oxygen atoms in total. The van der Waals surface area contributed by atoms with Crippen molar-refractivity contribution in [1.82, 2.24) is 0 Å². The maximum absolute atomic E-state index is 5.29. The SMILES string of the molecule is C/C=C/C(CC)COCC.CC. The van der Waals surface area contributed by atoms with Crippen LogP contribution in [0.5, 0.6) is 0 Å². The molecule has 0 saturated heterocycles. The molecule has 0 bridgehead atoms. The first-order valence-electron chi connectivity index (χ1n) is 5.05. The van der Waals surface area contributed by atoms with Crippen molar-refractivity contribution < 1.29 is 4.74 Å². The third-order valence-electron chi connectivity index (χ3n) is 1.53. The molecule has 0 aliphatic rings. The van der Waals surface area contributed by atoms with Gasteiger partial charge in [-0.1, -0.05) is 32.9 Å². The Morgan fingerprint density at radius 1 is 1.25 bits per heavy atom. The van der Waals surface area contributed by atoms with Crippen LogP contribution in [0.1, 0.15) is 41.0 Å². The number of rotatable bonds is 5. The monoisotopic (exact) mass is 172 g/mol. The normalized spacial score (nSPS) is 12.4. The molecule has 1 atom stereocenters. The van der Waals surface area contributed by atoms with Crippen LogP contribution >= 0.6 is 0 Å². The number of hydrogen-bond donors (Lipinski definition) is 0. The van der Waals surface area contributed by atoms with E-state index in [-0.39, 0.29) is 0 Å². The van der Waals surface area contributed by atoms with E-state index in [1.54, 1.807) is 0 Å². The third kappa shape index (κ3) is 9.70. The molecule has 0 fully saturated rings. The van der Waals surface area contributed by atoms with Crippen molar-refractivity contribution in [2.45, 2.75) is 41.0 Å². The van der Waals surface area contributed by atoms with Gasteiger partial charge in [-0.15, -0.1) is 0 Å². The summed E-state index contributed by atoms with van der Waals surface area (Å²) in [6.07, 6.45) is 5.47. The maximum atomic E-state index is 5.29. The topological polar surface area (TPSA) is 9.23 Å². The Balaban J connectivity index is 0. The van der Waals surface area contributed by atoms with Crippen LogP contribution in [0.2, 0.25) is 0 Å². The molecular formula is C11H24O. The zero-order valence-electron chi connectivity index (χ0n) is 9.26. The zero-order chi connectivity index (χ0) is 9.82. The second-order valence-corrected chi connectivity index (χ2v) is 2.35. The summed E-state index contributed by atoms with van der Waals surface area (Å²) in [5.74, 6) is 0.616. The molecule has 0 rings (SSSR count). The first kappa shape index (κ1) is 14.2. The minimum Gasteiger partial charge on any atom is -0.381 e. The molecule has 12 heavy (non-hydrogen) atoms. The molecule has 1 unspecified atom stereocenters. The lowest BCUT2D eigenvalue weighted by Gasteiger charge is -2.08. The molecule has 74 valence electrons.